The van der Waals surface area contributed by atoms with E-state index in [0.717, 1.165) is 36.9 Å². The molecule has 0 aromatic heterocycles. The van der Waals surface area contributed by atoms with Crippen molar-refractivity contribution < 1.29 is 29.6 Å². The maximum absolute atomic E-state index is 13.9. The lowest BCUT2D eigenvalue weighted by Crippen LogP contribution is -2.55. The highest BCUT2D eigenvalue weighted by molar-refractivity contribution is 5.89. The number of carbonyl (C=O) groups excluding carboxylic acids is 2. The SMILES string of the molecule is COc1cc2c(cc1O)[C@@H](CCCO)C#C[C@@]1(CC[C@H]([C@H]3CC[C@H]4[C@H](CN[C@@H]5CC(=O)CC[C@H]45)C3)C[C@H]1O)C(=O)CC2. The minimum Gasteiger partial charge on any atom is -0.504 e. The third kappa shape index (κ3) is 5.51. The van der Waals surface area contributed by atoms with E-state index in [-0.39, 0.29) is 30.5 Å². The summed E-state index contributed by atoms with van der Waals surface area (Å²) in [6.07, 6.45) is 9.27. The molecule has 0 amide bonds. The average Bonchev–Trinajstić information content (AvgIpc) is 3.04. The van der Waals surface area contributed by atoms with Crippen LogP contribution in [0.2, 0.25) is 0 Å². The van der Waals surface area contributed by atoms with Crippen LogP contribution in [0.25, 0.3) is 0 Å². The summed E-state index contributed by atoms with van der Waals surface area (Å²) in [5.74, 6) is 10.2. The van der Waals surface area contributed by atoms with Crippen LogP contribution in [0.4, 0.5) is 0 Å². The number of aliphatic hydroxyl groups is 2. The first-order valence-electron chi connectivity index (χ1n) is 16.3. The number of aryl methyl sites for hydroxylation is 1. The molecular weight excluding hydrogens is 530 g/mol. The summed E-state index contributed by atoms with van der Waals surface area (Å²) >= 11 is 0. The van der Waals surface area contributed by atoms with Gasteiger partial charge in [-0.15, -0.1) is 0 Å². The number of ether oxygens (including phenoxy) is 1. The van der Waals surface area contributed by atoms with Crippen LogP contribution in [0.3, 0.4) is 0 Å². The van der Waals surface area contributed by atoms with Crippen molar-refractivity contribution in [2.75, 3.05) is 20.3 Å². The van der Waals surface area contributed by atoms with E-state index in [1.165, 1.54) is 26.4 Å². The molecule has 1 spiro atoms. The van der Waals surface area contributed by atoms with Crippen LogP contribution < -0.4 is 10.1 Å². The molecule has 1 heterocycles. The molecule has 0 bridgehead atoms. The van der Waals surface area contributed by atoms with Crippen LogP contribution in [-0.4, -0.2) is 59.3 Å². The lowest BCUT2D eigenvalue weighted by molar-refractivity contribution is -0.135. The molecule has 228 valence electrons. The third-order valence-corrected chi connectivity index (χ3v) is 11.7. The molecule has 4 N–H and O–H groups in total. The normalized spacial score (nSPS) is 38.2. The Kier molecular flexibility index (Phi) is 8.69. The van der Waals surface area contributed by atoms with Crippen molar-refractivity contribution in [2.24, 2.45) is 35.0 Å². The Morgan fingerprint density at radius 2 is 1.86 bits per heavy atom. The monoisotopic (exact) mass is 577 g/mol. The van der Waals surface area contributed by atoms with Gasteiger partial charge in [0.15, 0.2) is 17.3 Å². The first kappa shape index (κ1) is 29.7. The van der Waals surface area contributed by atoms with Crippen molar-refractivity contribution in [3.8, 4) is 23.3 Å². The van der Waals surface area contributed by atoms with Crippen molar-refractivity contribution in [1.29, 1.82) is 0 Å². The smallest absolute Gasteiger partial charge is 0.160 e. The number of hydrogen-bond acceptors (Lipinski definition) is 7. The van der Waals surface area contributed by atoms with Crippen LogP contribution in [-0.2, 0) is 16.0 Å². The molecule has 1 aromatic rings. The Balaban J connectivity index is 1.18. The molecule has 6 rings (SSSR count). The lowest BCUT2D eigenvalue weighted by Gasteiger charge is -2.51. The van der Waals surface area contributed by atoms with E-state index in [1.807, 2.05) is 0 Å². The fraction of sp³-hybridized carbons (Fsp3) is 0.714. The van der Waals surface area contributed by atoms with Gasteiger partial charge in [-0.3, -0.25) is 9.59 Å². The molecule has 1 saturated heterocycles. The second kappa shape index (κ2) is 12.3. The molecule has 1 aromatic carbocycles. The number of benzene rings is 1. The largest absolute Gasteiger partial charge is 0.504 e. The van der Waals surface area contributed by atoms with Gasteiger partial charge >= 0.3 is 0 Å². The Labute approximate surface area is 249 Å². The van der Waals surface area contributed by atoms with Crippen LogP contribution in [0.1, 0.15) is 94.1 Å². The number of nitrogens with one attached hydrogen (secondary N) is 1. The van der Waals surface area contributed by atoms with Crippen LogP contribution in [0.15, 0.2) is 12.1 Å². The van der Waals surface area contributed by atoms with Crippen LogP contribution in [0, 0.1) is 46.8 Å². The minimum absolute atomic E-state index is 0.0137. The highest BCUT2D eigenvalue weighted by Gasteiger charge is 2.51. The summed E-state index contributed by atoms with van der Waals surface area (Å²) in [6.45, 7) is 1.04. The number of hydrogen-bond donors (Lipinski definition) is 4. The molecule has 0 radical (unpaired) electrons. The number of aromatic hydroxyl groups is 1. The molecule has 7 nitrogen and oxygen atoms in total. The third-order valence-electron chi connectivity index (χ3n) is 11.7. The number of phenolic OH excluding ortho intramolecular Hbond substituents is 1. The molecule has 42 heavy (non-hydrogen) atoms. The van der Waals surface area contributed by atoms with Crippen molar-refractivity contribution in [3.63, 3.8) is 0 Å². The summed E-state index contributed by atoms with van der Waals surface area (Å²) in [5, 5.41) is 35.5. The molecule has 7 heteroatoms. The molecule has 4 aliphatic carbocycles. The first-order chi connectivity index (χ1) is 20.3. The molecule has 9 atom stereocenters. The maximum Gasteiger partial charge on any atom is 0.160 e. The Hall–Kier alpha value is -2.40. The number of piperidine rings is 1. The summed E-state index contributed by atoms with van der Waals surface area (Å²) in [6, 6.07) is 3.87. The van der Waals surface area contributed by atoms with Crippen LogP contribution >= 0.6 is 0 Å². The predicted octanol–water partition coefficient (Wildman–Crippen LogP) is 4.30. The van der Waals surface area contributed by atoms with Gasteiger partial charge in [0.05, 0.1) is 13.2 Å². The molecule has 3 saturated carbocycles. The summed E-state index contributed by atoms with van der Waals surface area (Å²) in [7, 11) is 1.51. The Morgan fingerprint density at radius 3 is 2.64 bits per heavy atom. The molecular formula is C35H47NO6. The molecule has 4 fully saturated rings. The zero-order valence-electron chi connectivity index (χ0n) is 24.9. The van der Waals surface area contributed by atoms with E-state index in [9.17, 15) is 24.9 Å². The van der Waals surface area contributed by atoms with Crippen molar-refractivity contribution in [2.45, 2.75) is 102 Å². The summed E-state index contributed by atoms with van der Waals surface area (Å²) in [4.78, 5) is 25.9. The summed E-state index contributed by atoms with van der Waals surface area (Å²) in [5.41, 5.74) is 0.746. The number of carbonyl (C=O) groups is 2. The lowest BCUT2D eigenvalue weighted by atomic mass is 9.57. The van der Waals surface area contributed by atoms with Gasteiger partial charge < -0.3 is 25.4 Å². The van der Waals surface area contributed by atoms with Crippen molar-refractivity contribution in [3.05, 3.63) is 23.3 Å². The van der Waals surface area contributed by atoms with E-state index < -0.39 is 11.5 Å². The number of phenols is 1. The topological polar surface area (TPSA) is 116 Å². The van der Waals surface area contributed by atoms with E-state index >= 15 is 0 Å². The van der Waals surface area contributed by atoms with Gasteiger partial charge in [-0.25, -0.2) is 0 Å². The van der Waals surface area contributed by atoms with Gasteiger partial charge in [0.2, 0.25) is 0 Å². The van der Waals surface area contributed by atoms with E-state index in [0.29, 0.717) is 85.7 Å². The predicted molar refractivity (Wildman–Crippen MR) is 159 cm³/mol. The van der Waals surface area contributed by atoms with Gasteiger partial charge in [0.25, 0.3) is 0 Å². The zero-order valence-corrected chi connectivity index (χ0v) is 24.9. The van der Waals surface area contributed by atoms with Gasteiger partial charge in [-0.05, 0) is 124 Å². The second-order valence-electron chi connectivity index (χ2n) is 13.8. The van der Waals surface area contributed by atoms with Gasteiger partial charge in [-0.1, -0.05) is 11.8 Å². The van der Waals surface area contributed by atoms with E-state index in [4.69, 9.17) is 4.74 Å². The fourth-order valence-electron chi connectivity index (χ4n) is 9.39. The van der Waals surface area contributed by atoms with E-state index in [2.05, 4.69) is 17.2 Å². The first-order valence-corrected chi connectivity index (χ1v) is 16.3. The highest BCUT2D eigenvalue weighted by Crippen LogP contribution is 2.51. The zero-order chi connectivity index (χ0) is 29.4. The quantitative estimate of drug-likeness (QED) is 0.386. The Bertz CT molecular complexity index is 1250. The molecule has 5 aliphatic rings. The fourth-order valence-corrected chi connectivity index (χ4v) is 9.39. The number of fused-ring (bicyclic) bond motifs is 4. The van der Waals surface area contributed by atoms with Crippen molar-refractivity contribution >= 4 is 11.6 Å². The van der Waals surface area contributed by atoms with Crippen molar-refractivity contribution in [1.82, 2.24) is 5.32 Å². The molecule has 1 aliphatic heterocycles. The highest BCUT2D eigenvalue weighted by atomic mass is 16.5. The summed E-state index contributed by atoms with van der Waals surface area (Å²) < 4.78 is 5.35. The minimum atomic E-state index is -1.06. The average molecular weight is 578 g/mol. The number of Topliss-reactive ketones (excluding diaryl/α,β-unsaturated/α-hetero) is 2. The number of methoxy groups -OCH3 is 1. The Morgan fingerprint density at radius 1 is 1.02 bits per heavy atom. The van der Waals surface area contributed by atoms with Gasteiger partial charge in [-0.2, -0.15) is 0 Å². The standard InChI is InChI=1S/C35H47NO6/c1-42-32-16-24-5-9-33(40)35(12-10-21(3-2-14-37)29(24)19-31(32)39)13-11-23(17-34(35)41)22-4-7-27-25(15-22)20-36-30-18-26(38)6-8-28(27)30/h16,19,21-23,25,27-28,30,34,36-37,39,41H,2-9,11,13-15,17-18,20H2,1H3/t21-,22-,23-,25-,27-,28+,30+,34+,35+/m0/s1. The number of aliphatic hydroxyl groups excluding tert-OH is 2. The second-order valence-corrected chi connectivity index (χ2v) is 13.8. The van der Waals surface area contributed by atoms with Crippen LogP contribution in [0.5, 0.6) is 11.5 Å². The number of rotatable bonds is 5. The van der Waals surface area contributed by atoms with E-state index in [1.54, 1.807) is 12.1 Å². The number of ketones is 2. The molecule has 0 unspecified atom stereocenters. The maximum atomic E-state index is 13.9. The van der Waals surface area contributed by atoms with Gasteiger partial charge in [0, 0.05) is 37.8 Å². The van der Waals surface area contributed by atoms with Gasteiger partial charge in [0.1, 0.15) is 11.2 Å².